The van der Waals surface area contributed by atoms with Crippen LogP contribution in [0.2, 0.25) is 0 Å². The van der Waals surface area contributed by atoms with Crippen LogP contribution in [0.4, 0.5) is 13.2 Å². The van der Waals surface area contributed by atoms with Gasteiger partial charge in [0, 0.05) is 20.1 Å². The molecular weight excluding hydrogens is 275 g/mol. The Morgan fingerprint density at radius 1 is 1.35 bits per heavy atom. The molecule has 1 aliphatic rings. The first kappa shape index (κ1) is 14.8. The summed E-state index contributed by atoms with van der Waals surface area (Å²) in [5.74, 6) is -0.660. The summed E-state index contributed by atoms with van der Waals surface area (Å²) in [6, 6.07) is 0. The number of carbonyl (C=O) groups excluding carboxylic acids is 1. The Balaban J connectivity index is 2.30. The first-order chi connectivity index (χ1) is 9.20. The van der Waals surface area contributed by atoms with E-state index in [4.69, 9.17) is 4.74 Å². The Hall–Kier alpha value is -1.57. The van der Waals surface area contributed by atoms with Gasteiger partial charge in [-0.1, -0.05) is 0 Å². The van der Waals surface area contributed by atoms with Crippen LogP contribution in [-0.2, 0) is 18.0 Å². The van der Waals surface area contributed by atoms with E-state index >= 15 is 0 Å². The molecule has 1 aromatic heterocycles. The van der Waals surface area contributed by atoms with Gasteiger partial charge < -0.3 is 9.64 Å². The molecule has 0 bridgehead atoms. The predicted octanol–water partition coefficient (Wildman–Crippen LogP) is 1.69. The maximum Gasteiger partial charge on any atom is 0.433 e. The van der Waals surface area contributed by atoms with Crippen molar-refractivity contribution >= 4 is 5.91 Å². The Bertz CT molecular complexity index is 503. The number of rotatable bonds is 1. The monoisotopic (exact) mass is 291 g/mol. The Kier molecular flexibility index (Phi) is 3.77. The van der Waals surface area contributed by atoms with Crippen LogP contribution in [0.5, 0.6) is 0 Å². The molecule has 1 aliphatic heterocycles. The third-order valence-corrected chi connectivity index (χ3v) is 3.14. The molecule has 2 atom stereocenters. The molecular formula is C12H16F3N3O2. The van der Waals surface area contributed by atoms with E-state index in [1.54, 1.807) is 13.8 Å². The molecule has 1 saturated heterocycles. The maximum absolute atomic E-state index is 13.0. The van der Waals surface area contributed by atoms with Gasteiger partial charge in [-0.15, -0.1) is 0 Å². The highest BCUT2D eigenvalue weighted by Gasteiger charge is 2.41. The van der Waals surface area contributed by atoms with E-state index in [2.05, 4.69) is 5.10 Å². The lowest BCUT2D eigenvalue weighted by molar-refractivity contribution is -0.144. The summed E-state index contributed by atoms with van der Waals surface area (Å²) < 4.78 is 45.1. The van der Waals surface area contributed by atoms with Crippen LogP contribution >= 0.6 is 0 Å². The minimum atomic E-state index is -4.61. The molecule has 0 radical (unpaired) electrons. The molecule has 1 aromatic rings. The van der Waals surface area contributed by atoms with E-state index < -0.39 is 23.3 Å². The highest BCUT2D eigenvalue weighted by Crippen LogP contribution is 2.32. The van der Waals surface area contributed by atoms with Crippen molar-refractivity contribution in [2.75, 3.05) is 13.1 Å². The average Bonchev–Trinajstić information content (AvgIpc) is 2.68. The molecule has 0 spiro atoms. The normalized spacial score (nSPS) is 24.0. The number of ether oxygens (including phenoxy) is 1. The molecule has 2 unspecified atom stereocenters. The van der Waals surface area contributed by atoms with Gasteiger partial charge in [-0.05, 0) is 13.8 Å². The lowest BCUT2D eigenvalue weighted by Gasteiger charge is -2.35. The molecule has 112 valence electrons. The summed E-state index contributed by atoms with van der Waals surface area (Å²) in [5, 5.41) is 3.55. The average molecular weight is 291 g/mol. The fourth-order valence-corrected chi connectivity index (χ4v) is 2.44. The molecule has 5 nitrogen and oxygen atoms in total. The number of hydrogen-bond donors (Lipinski definition) is 0. The SMILES string of the molecule is CC1CN(C(=O)c2cnn(C)c2C(F)(F)F)CC(C)O1. The first-order valence-electron chi connectivity index (χ1n) is 6.24. The Morgan fingerprint density at radius 3 is 2.40 bits per heavy atom. The van der Waals surface area contributed by atoms with Crippen molar-refractivity contribution in [3.05, 3.63) is 17.5 Å². The Labute approximate surface area is 114 Å². The van der Waals surface area contributed by atoms with E-state index in [1.165, 1.54) is 11.9 Å². The van der Waals surface area contributed by atoms with Crippen molar-refractivity contribution in [2.24, 2.45) is 7.05 Å². The molecule has 1 fully saturated rings. The minimum absolute atomic E-state index is 0.200. The number of morpholine rings is 1. The number of nitrogens with zero attached hydrogens (tertiary/aromatic N) is 3. The van der Waals surface area contributed by atoms with Gasteiger partial charge in [-0.3, -0.25) is 9.48 Å². The molecule has 2 heterocycles. The summed E-state index contributed by atoms with van der Waals surface area (Å²) in [5.41, 5.74) is -1.43. The molecule has 0 N–H and O–H groups in total. The fourth-order valence-electron chi connectivity index (χ4n) is 2.44. The lowest BCUT2D eigenvalue weighted by Crippen LogP contribution is -2.48. The number of alkyl halides is 3. The van der Waals surface area contributed by atoms with E-state index in [-0.39, 0.29) is 25.3 Å². The summed E-state index contributed by atoms with van der Waals surface area (Å²) >= 11 is 0. The number of halogens is 3. The number of aryl methyl sites for hydroxylation is 1. The van der Waals surface area contributed by atoms with Gasteiger partial charge in [-0.2, -0.15) is 18.3 Å². The zero-order chi connectivity index (χ0) is 15.1. The molecule has 0 aliphatic carbocycles. The summed E-state index contributed by atoms with van der Waals surface area (Å²) in [6.07, 6.45) is -4.04. The van der Waals surface area contributed by atoms with Crippen molar-refractivity contribution in [1.82, 2.24) is 14.7 Å². The molecule has 0 saturated carbocycles. The van der Waals surface area contributed by atoms with E-state index in [0.717, 1.165) is 6.20 Å². The standard InChI is InChI=1S/C12H16F3N3O2/c1-7-5-18(6-8(2)20-7)11(19)9-4-16-17(3)10(9)12(13,14)15/h4,7-8H,5-6H2,1-3H3. The van der Waals surface area contributed by atoms with Crippen LogP contribution in [0.25, 0.3) is 0 Å². The van der Waals surface area contributed by atoms with Crippen molar-refractivity contribution in [2.45, 2.75) is 32.2 Å². The second-order valence-electron chi connectivity index (χ2n) is 5.00. The van der Waals surface area contributed by atoms with Crippen LogP contribution in [-0.4, -0.2) is 45.9 Å². The number of amides is 1. The molecule has 8 heteroatoms. The van der Waals surface area contributed by atoms with Gasteiger partial charge in [0.15, 0.2) is 5.69 Å². The van der Waals surface area contributed by atoms with Gasteiger partial charge >= 0.3 is 6.18 Å². The largest absolute Gasteiger partial charge is 0.433 e. The predicted molar refractivity (Wildman–Crippen MR) is 64.1 cm³/mol. The third-order valence-electron chi connectivity index (χ3n) is 3.14. The van der Waals surface area contributed by atoms with Crippen LogP contribution in [0, 0.1) is 0 Å². The van der Waals surface area contributed by atoms with E-state index in [1.807, 2.05) is 0 Å². The third kappa shape index (κ3) is 2.79. The van der Waals surface area contributed by atoms with Crippen molar-refractivity contribution < 1.29 is 22.7 Å². The topological polar surface area (TPSA) is 47.4 Å². The highest BCUT2D eigenvalue weighted by molar-refractivity contribution is 5.95. The number of carbonyl (C=O) groups is 1. The maximum atomic E-state index is 13.0. The zero-order valence-electron chi connectivity index (χ0n) is 11.4. The van der Waals surface area contributed by atoms with Crippen LogP contribution in [0.15, 0.2) is 6.20 Å². The second kappa shape index (κ2) is 5.08. The van der Waals surface area contributed by atoms with Crippen LogP contribution in [0.1, 0.15) is 29.9 Å². The second-order valence-corrected chi connectivity index (χ2v) is 5.00. The summed E-state index contributed by atoms with van der Waals surface area (Å²) in [4.78, 5) is 13.7. The molecule has 20 heavy (non-hydrogen) atoms. The number of hydrogen-bond acceptors (Lipinski definition) is 3. The van der Waals surface area contributed by atoms with Crippen molar-refractivity contribution in [3.63, 3.8) is 0 Å². The molecule has 2 rings (SSSR count). The lowest BCUT2D eigenvalue weighted by atomic mass is 10.1. The summed E-state index contributed by atoms with van der Waals surface area (Å²) in [7, 11) is 1.17. The molecule has 0 aromatic carbocycles. The van der Waals surface area contributed by atoms with E-state index in [9.17, 15) is 18.0 Å². The Morgan fingerprint density at radius 2 is 1.90 bits per heavy atom. The summed E-state index contributed by atoms with van der Waals surface area (Å²) in [6.45, 7) is 4.11. The van der Waals surface area contributed by atoms with Crippen molar-refractivity contribution in [1.29, 1.82) is 0 Å². The van der Waals surface area contributed by atoms with Gasteiger partial charge in [0.05, 0.1) is 24.0 Å². The van der Waals surface area contributed by atoms with Gasteiger partial charge in [0.25, 0.3) is 5.91 Å². The fraction of sp³-hybridized carbons (Fsp3) is 0.667. The quantitative estimate of drug-likeness (QED) is 0.791. The van der Waals surface area contributed by atoms with Gasteiger partial charge in [0.2, 0.25) is 0 Å². The van der Waals surface area contributed by atoms with Crippen LogP contribution in [0.3, 0.4) is 0 Å². The first-order valence-corrected chi connectivity index (χ1v) is 6.24. The van der Waals surface area contributed by atoms with Gasteiger partial charge in [0.1, 0.15) is 0 Å². The minimum Gasteiger partial charge on any atom is -0.372 e. The smallest absolute Gasteiger partial charge is 0.372 e. The van der Waals surface area contributed by atoms with Crippen molar-refractivity contribution in [3.8, 4) is 0 Å². The number of aromatic nitrogens is 2. The molecule has 1 amide bonds. The van der Waals surface area contributed by atoms with Crippen LogP contribution < -0.4 is 0 Å². The highest BCUT2D eigenvalue weighted by atomic mass is 19.4. The van der Waals surface area contributed by atoms with E-state index in [0.29, 0.717) is 4.68 Å². The zero-order valence-corrected chi connectivity index (χ0v) is 11.4. The van der Waals surface area contributed by atoms with Gasteiger partial charge in [-0.25, -0.2) is 0 Å².